The van der Waals surface area contributed by atoms with Gasteiger partial charge in [-0.1, -0.05) is 29.8 Å². The summed E-state index contributed by atoms with van der Waals surface area (Å²) in [6.45, 7) is 2.15. The van der Waals surface area contributed by atoms with Crippen LogP contribution in [0.5, 0.6) is 0 Å². The van der Waals surface area contributed by atoms with Gasteiger partial charge in [0.1, 0.15) is 0 Å². The van der Waals surface area contributed by atoms with E-state index >= 15 is 0 Å². The first-order valence-electron chi connectivity index (χ1n) is 6.52. The Morgan fingerprint density at radius 3 is 2.50 bits per heavy atom. The Labute approximate surface area is 99.3 Å². The largest absolute Gasteiger partial charge is 0.317 e. The maximum atomic E-state index is 3.46. The predicted molar refractivity (Wildman–Crippen MR) is 69.7 cm³/mol. The molecule has 0 bridgehead atoms. The zero-order valence-corrected chi connectivity index (χ0v) is 10.5. The van der Waals surface area contributed by atoms with Gasteiger partial charge in [0.05, 0.1) is 0 Å². The van der Waals surface area contributed by atoms with Crippen LogP contribution in [0.2, 0.25) is 0 Å². The minimum absolute atomic E-state index is 0.769. The van der Waals surface area contributed by atoms with Gasteiger partial charge in [0.25, 0.3) is 0 Å². The lowest BCUT2D eigenvalue weighted by atomic mass is 10.0. The average molecular weight is 217 g/mol. The zero-order chi connectivity index (χ0) is 11.4. The van der Waals surface area contributed by atoms with Gasteiger partial charge in [-0.25, -0.2) is 0 Å². The van der Waals surface area contributed by atoms with E-state index in [1.54, 1.807) is 0 Å². The minimum Gasteiger partial charge on any atom is -0.317 e. The molecule has 1 nitrogen and oxygen atoms in total. The Balaban J connectivity index is 1.72. The SMILES string of the molecule is CNC(CCCc1ccc(C)cc1)C1CC1. The lowest BCUT2D eigenvalue weighted by molar-refractivity contribution is 0.456. The fraction of sp³-hybridized carbons (Fsp3) is 0.600. The molecule has 1 N–H and O–H groups in total. The molecule has 1 unspecified atom stereocenters. The molecule has 1 heteroatoms. The van der Waals surface area contributed by atoms with Crippen LogP contribution in [-0.2, 0) is 6.42 Å². The summed E-state index contributed by atoms with van der Waals surface area (Å²) in [5.41, 5.74) is 2.84. The van der Waals surface area contributed by atoms with Gasteiger partial charge in [0, 0.05) is 6.04 Å². The van der Waals surface area contributed by atoms with E-state index in [9.17, 15) is 0 Å². The fourth-order valence-electron chi connectivity index (χ4n) is 2.40. The number of benzene rings is 1. The molecule has 0 heterocycles. The minimum atomic E-state index is 0.769. The van der Waals surface area contributed by atoms with Crippen molar-refractivity contribution in [3.63, 3.8) is 0 Å². The van der Waals surface area contributed by atoms with E-state index in [0.29, 0.717) is 0 Å². The molecule has 1 aromatic carbocycles. The van der Waals surface area contributed by atoms with Gasteiger partial charge in [-0.2, -0.15) is 0 Å². The Kier molecular flexibility index (Phi) is 4.00. The van der Waals surface area contributed by atoms with Gasteiger partial charge < -0.3 is 5.32 Å². The van der Waals surface area contributed by atoms with E-state index in [-0.39, 0.29) is 0 Å². The monoisotopic (exact) mass is 217 g/mol. The van der Waals surface area contributed by atoms with Crippen LogP contribution >= 0.6 is 0 Å². The molecule has 1 aliphatic carbocycles. The second-order valence-corrected chi connectivity index (χ2v) is 5.11. The summed E-state index contributed by atoms with van der Waals surface area (Å²) in [6.07, 6.45) is 6.75. The maximum absolute atomic E-state index is 3.46. The molecule has 1 aliphatic rings. The van der Waals surface area contributed by atoms with Gasteiger partial charge >= 0.3 is 0 Å². The van der Waals surface area contributed by atoms with E-state index in [2.05, 4.69) is 43.6 Å². The highest BCUT2D eigenvalue weighted by atomic mass is 14.9. The molecule has 0 aromatic heterocycles. The lowest BCUT2D eigenvalue weighted by Gasteiger charge is -2.14. The van der Waals surface area contributed by atoms with Gasteiger partial charge in [-0.3, -0.25) is 0 Å². The van der Waals surface area contributed by atoms with Crippen molar-refractivity contribution in [2.45, 2.75) is 45.1 Å². The normalized spacial score (nSPS) is 17.4. The van der Waals surface area contributed by atoms with E-state index in [0.717, 1.165) is 12.0 Å². The van der Waals surface area contributed by atoms with Crippen LogP contribution in [0, 0.1) is 12.8 Å². The Bertz CT molecular complexity index is 311. The summed E-state index contributed by atoms with van der Waals surface area (Å²) in [4.78, 5) is 0. The first-order valence-corrected chi connectivity index (χ1v) is 6.52. The van der Waals surface area contributed by atoms with Gasteiger partial charge in [-0.05, 0) is 57.6 Å². The van der Waals surface area contributed by atoms with Crippen molar-refractivity contribution in [3.8, 4) is 0 Å². The molecule has 88 valence electrons. The summed E-state index contributed by atoms with van der Waals surface area (Å²) in [5, 5.41) is 3.46. The van der Waals surface area contributed by atoms with E-state index in [1.807, 2.05) is 0 Å². The molecule has 0 spiro atoms. The first kappa shape index (κ1) is 11.7. The Hall–Kier alpha value is -0.820. The van der Waals surface area contributed by atoms with Crippen LogP contribution in [0.4, 0.5) is 0 Å². The summed E-state index contributed by atoms with van der Waals surface area (Å²) < 4.78 is 0. The predicted octanol–water partition coefficient (Wildman–Crippen LogP) is 3.32. The molecule has 1 aromatic rings. The number of hydrogen-bond donors (Lipinski definition) is 1. The van der Waals surface area contributed by atoms with E-state index < -0.39 is 0 Å². The number of nitrogens with one attached hydrogen (secondary N) is 1. The van der Waals surface area contributed by atoms with Crippen LogP contribution in [0.25, 0.3) is 0 Å². The standard InChI is InChI=1S/C15H23N/c1-12-6-8-13(9-7-12)4-3-5-15(16-2)14-10-11-14/h6-9,14-16H,3-5,10-11H2,1-2H3. The highest BCUT2D eigenvalue weighted by Gasteiger charge is 2.29. The highest BCUT2D eigenvalue weighted by molar-refractivity contribution is 5.21. The summed E-state index contributed by atoms with van der Waals surface area (Å²) in [7, 11) is 2.11. The molecule has 0 amide bonds. The Morgan fingerprint density at radius 1 is 1.25 bits per heavy atom. The summed E-state index contributed by atoms with van der Waals surface area (Å²) >= 11 is 0. The van der Waals surface area contributed by atoms with Crippen molar-refractivity contribution in [1.82, 2.24) is 5.32 Å². The smallest absolute Gasteiger partial charge is 0.00924 e. The third-order valence-corrected chi connectivity index (χ3v) is 3.66. The number of aryl methyl sites for hydroxylation is 2. The summed E-state index contributed by atoms with van der Waals surface area (Å²) in [6, 6.07) is 9.73. The fourth-order valence-corrected chi connectivity index (χ4v) is 2.40. The lowest BCUT2D eigenvalue weighted by Crippen LogP contribution is -2.27. The molecule has 1 atom stereocenters. The first-order chi connectivity index (χ1) is 7.79. The maximum Gasteiger partial charge on any atom is 0.00924 e. The number of hydrogen-bond acceptors (Lipinski definition) is 1. The van der Waals surface area contributed by atoms with Crippen LogP contribution in [-0.4, -0.2) is 13.1 Å². The van der Waals surface area contributed by atoms with Crippen molar-refractivity contribution >= 4 is 0 Å². The van der Waals surface area contributed by atoms with E-state index in [4.69, 9.17) is 0 Å². The van der Waals surface area contributed by atoms with Crippen molar-refractivity contribution in [1.29, 1.82) is 0 Å². The number of rotatable bonds is 6. The van der Waals surface area contributed by atoms with Gasteiger partial charge in [-0.15, -0.1) is 0 Å². The van der Waals surface area contributed by atoms with Gasteiger partial charge in [0.15, 0.2) is 0 Å². The van der Waals surface area contributed by atoms with Crippen molar-refractivity contribution in [3.05, 3.63) is 35.4 Å². The Morgan fingerprint density at radius 2 is 1.94 bits per heavy atom. The molecular weight excluding hydrogens is 194 g/mol. The molecule has 2 rings (SSSR count). The second kappa shape index (κ2) is 5.49. The van der Waals surface area contributed by atoms with Crippen LogP contribution in [0.1, 0.15) is 36.8 Å². The average Bonchev–Trinajstić information content (AvgIpc) is 3.11. The van der Waals surface area contributed by atoms with Crippen molar-refractivity contribution in [2.75, 3.05) is 7.05 Å². The highest BCUT2D eigenvalue weighted by Crippen LogP contribution is 2.34. The summed E-state index contributed by atoms with van der Waals surface area (Å²) in [5.74, 6) is 0.975. The van der Waals surface area contributed by atoms with E-state index in [1.165, 1.54) is 43.2 Å². The molecule has 0 radical (unpaired) electrons. The van der Waals surface area contributed by atoms with Crippen LogP contribution < -0.4 is 5.32 Å². The quantitative estimate of drug-likeness (QED) is 0.771. The van der Waals surface area contributed by atoms with Crippen LogP contribution in [0.15, 0.2) is 24.3 Å². The molecule has 0 saturated heterocycles. The van der Waals surface area contributed by atoms with Crippen molar-refractivity contribution in [2.24, 2.45) is 5.92 Å². The van der Waals surface area contributed by atoms with Crippen LogP contribution in [0.3, 0.4) is 0 Å². The molecule has 1 fully saturated rings. The third-order valence-electron chi connectivity index (χ3n) is 3.66. The molecule has 0 aliphatic heterocycles. The second-order valence-electron chi connectivity index (χ2n) is 5.11. The zero-order valence-electron chi connectivity index (χ0n) is 10.5. The van der Waals surface area contributed by atoms with Crippen molar-refractivity contribution < 1.29 is 0 Å². The molecular formula is C15H23N. The van der Waals surface area contributed by atoms with Gasteiger partial charge in [0.2, 0.25) is 0 Å². The molecule has 16 heavy (non-hydrogen) atoms. The molecule has 1 saturated carbocycles. The topological polar surface area (TPSA) is 12.0 Å². The third kappa shape index (κ3) is 3.34.